The molecule has 0 radical (unpaired) electrons. The fourth-order valence-corrected chi connectivity index (χ4v) is 3.50. The Balaban J connectivity index is 1.74. The average Bonchev–Trinajstić information content (AvgIpc) is 3.14. The summed E-state index contributed by atoms with van der Waals surface area (Å²) in [5.74, 6) is 1.63. The van der Waals surface area contributed by atoms with Crippen LogP contribution in [0.3, 0.4) is 0 Å². The molecule has 2 heterocycles. The van der Waals surface area contributed by atoms with Gasteiger partial charge >= 0.3 is 0 Å². The van der Waals surface area contributed by atoms with Crippen molar-refractivity contribution in [3.05, 3.63) is 30.1 Å². The summed E-state index contributed by atoms with van der Waals surface area (Å²) >= 11 is 0. The van der Waals surface area contributed by atoms with E-state index in [4.69, 9.17) is 4.74 Å². The highest BCUT2D eigenvalue weighted by atomic mass is 19.1. The number of likely N-dealkylation sites (tertiary alicyclic amines) is 1. The van der Waals surface area contributed by atoms with E-state index in [-0.39, 0.29) is 5.75 Å². The Labute approximate surface area is 165 Å². The van der Waals surface area contributed by atoms with E-state index < -0.39 is 5.82 Å². The molecule has 0 spiro atoms. The van der Waals surface area contributed by atoms with Crippen LogP contribution in [0.1, 0.15) is 26.7 Å². The number of likely N-dealkylation sites (N-methyl/N-ethyl adjacent to an activating group) is 1. The molecule has 3 N–H and O–H groups in total. The summed E-state index contributed by atoms with van der Waals surface area (Å²) in [6.07, 6.45) is 2.44. The van der Waals surface area contributed by atoms with Gasteiger partial charge in [-0.25, -0.2) is 4.39 Å². The molecular weight excluding hydrogens is 359 g/mol. The predicted octanol–water partition coefficient (Wildman–Crippen LogP) is 3.70. The summed E-state index contributed by atoms with van der Waals surface area (Å²) in [5, 5.41) is 9.73. The van der Waals surface area contributed by atoms with Gasteiger partial charge in [0.2, 0.25) is 5.95 Å². The molecule has 1 saturated heterocycles. The second-order valence-corrected chi connectivity index (χ2v) is 6.77. The zero-order chi connectivity index (χ0) is 19.9. The van der Waals surface area contributed by atoms with Crippen LogP contribution in [-0.4, -0.2) is 54.2 Å². The molecular formula is C20H29FN6O. The highest BCUT2D eigenvalue weighted by Gasteiger charge is 2.22. The zero-order valence-corrected chi connectivity index (χ0v) is 16.8. The van der Waals surface area contributed by atoms with E-state index in [1.165, 1.54) is 26.0 Å². The first-order valence-electron chi connectivity index (χ1n) is 9.84. The third-order valence-corrected chi connectivity index (χ3v) is 4.92. The van der Waals surface area contributed by atoms with Crippen LogP contribution in [0.4, 0.5) is 27.7 Å². The van der Waals surface area contributed by atoms with E-state index in [1.54, 1.807) is 12.1 Å². The predicted molar refractivity (Wildman–Crippen MR) is 111 cm³/mol. The van der Waals surface area contributed by atoms with Gasteiger partial charge in [0, 0.05) is 37.0 Å². The first-order chi connectivity index (χ1) is 13.6. The van der Waals surface area contributed by atoms with Gasteiger partial charge < -0.3 is 20.7 Å². The van der Waals surface area contributed by atoms with E-state index in [1.807, 2.05) is 13.0 Å². The third kappa shape index (κ3) is 5.01. The summed E-state index contributed by atoms with van der Waals surface area (Å²) in [6.45, 7) is 8.02. The van der Waals surface area contributed by atoms with Gasteiger partial charge in [0.05, 0.1) is 7.11 Å². The lowest BCUT2D eigenvalue weighted by Crippen LogP contribution is -2.34. The van der Waals surface area contributed by atoms with Gasteiger partial charge in [-0.3, -0.25) is 4.90 Å². The van der Waals surface area contributed by atoms with Crippen LogP contribution in [0, 0.1) is 5.82 Å². The molecule has 7 nitrogen and oxygen atoms in total. The van der Waals surface area contributed by atoms with Crippen LogP contribution >= 0.6 is 0 Å². The standard InChI is InChI=1S/C20H29FN6O/c1-4-22-18-12-19(23-13-15-7-6-10-27(15)5-2)26-20(25-18)24-14-8-9-17(28-3)16(21)11-14/h8-9,11-12,15H,4-7,10,13H2,1-3H3,(H3,22,23,24,25,26). The topological polar surface area (TPSA) is 74.3 Å². The minimum absolute atomic E-state index is 0.201. The van der Waals surface area contributed by atoms with Gasteiger partial charge in [-0.2, -0.15) is 9.97 Å². The highest BCUT2D eigenvalue weighted by molar-refractivity contribution is 5.59. The molecule has 1 unspecified atom stereocenters. The lowest BCUT2D eigenvalue weighted by Gasteiger charge is -2.23. The van der Waals surface area contributed by atoms with E-state index in [9.17, 15) is 4.39 Å². The largest absolute Gasteiger partial charge is 0.494 e. The lowest BCUT2D eigenvalue weighted by atomic mass is 10.2. The SMILES string of the molecule is CCNc1cc(NCC2CCCN2CC)nc(Nc2ccc(OC)c(F)c2)n1. The summed E-state index contributed by atoms with van der Waals surface area (Å²) in [7, 11) is 1.44. The maximum Gasteiger partial charge on any atom is 0.231 e. The first kappa shape index (κ1) is 20.1. The Hall–Kier alpha value is -2.61. The molecule has 8 heteroatoms. The van der Waals surface area contributed by atoms with Gasteiger partial charge in [-0.1, -0.05) is 6.92 Å². The molecule has 1 aliphatic rings. The molecule has 3 rings (SSSR count). The Morgan fingerprint density at radius 1 is 1.18 bits per heavy atom. The van der Waals surface area contributed by atoms with Crippen LogP contribution in [0.2, 0.25) is 0 Å². The molecule has 1 aromatic carbocycles. The van der Waals surface area contributed by atoms with Gasteiger partial charge in [-0.05, 0) is 45.0 Å². The van der Waals surface area contributed by atoms with Crippen molar-refractivity contribution >= 4 is 23.3 Å². The molecule has 0 amide bonds. The van der Waals surface area contributed by atoms with Crippen molar-refractivity contribution < 1.29 is 9.13 Å². The zero-order valence-electron chi connectivity index (χ0n) is 16.8. The number of halogens is 1. The van der Waals surface area contributed by atoms with Crippen LogP contribution in [0.5, 0.6) is 5.75 Å². The summed E-state index contributed by atoms with van der Waals surface area (Å²) < 4.78 is 18.9. The number of methoxy groups -OCH3 is 1. The van der Waals surface area contributed by atoms with Crippen molar-refractivity contribution in [3.63, 3.8) is 0 Å². The van der Waals surface area contributed by atoms with Crippen molar-refractivity contribution in [1.29, 1.82) is 0 Å². The van der Waals surface area contributed by atoms with Gasteiger partial charge in [-0.15, -0.1) is 0 Å². The number of hydrogen-bond donors (Lipinski definition) is 3. The number of aromatic nitrogens is 2. The molecule has 0 saturated carbocycles. The van der Waals surface area contributed by atoms with Crippen LogP contribution in [0.25, 0.3) is 0 Å². The third-order valence-electron chi connectivity index (χ3n) is 4.92. The molecule has 152 valence electrons. The van der Waals surface area contributed by atoms with Gasteiger partial charge in [0.1, 0.15) is 11.6 Å². The van der Waals surface area contributed by atoms with E-state index in [0.717, 1.165) is 37.8 Å². The van der Waals surface area contributed by atoms with Crippen molar-refractivity contribution in [3.8, 4) is 5.75 Å². The number of hydrogen-bond acceptors (Lipinski definition) is 7. The quantitative estimate of drug-likeness (QED) is 0.605. The van der Waals surface area contributed by atoms with Crippen LogP contribution in [0.15, 0.2) is 24.3 Å². The smallest absolute Gasteiger partial charge is 0.231 e. The van der Waals surface area contributed by atoms with Crippen molar-refractivity contribution in [1.82, 2.24) is 14.9 Å². The number of ether oxygens (including phenoxy) is 1. The molecule has 28 heavy (non-hydrogen) atoms. The average molecular weight is 388 g/mol. The Morgan fingerprint density at radius 3 is 2.64 bits per heavy atom. The van der Waals surface area contributed by atoms with E-state index in [0.29, 0.717) is 17.7 Å². The maximum atomic E-state index is 14.0. The minimum atomic E-state index is -0.436. The number of nitrogens with one attached hydrogen (secondary N) is 3. The van der Waals surface area contributed by atoms with E-state index >= 15 is 0 Å². The number of nitrogens with zero attached hydrogens (tertiary/aromatic N) is 3. The fourth-order valence-electron chi connectivity index (χ4n) is 3.50. The second-order valence-electron chi connectivity index (χ2n) is 6.77. The number of benzene rings is 1. The van der Waals surface area contributed by atoms with Crippen molar-refractivity contribution in [2.45, 2.75) is 32.7 Å². The number of rotatable bonds is 9. The summed E-state index contributed by atoms with van der Waals surface area (Å²) in [5.41, 5.74) is 0.561. The van der Waals surface area contributed by atoms with E-state index in [2.05, 4.69) is 37.7 Å². The van der Waals surface area contributed by atoms with Gasteiger partial charge in [0.25, 0.3) is 0 Å². The molecule has 1 aliphatic heterocycles. The second kappa shape index (κ2) is 9.54. The van der Waals surface area contributed by atoms with Crippen LogP contribution in [-0.2, 0) is 0 Å². The minimum Gasteiger partial charge on any atom is -0.494 e. The molecule has 1 atom stereocenters. The molecule has 0 bridgehead atoms. The first-order valence-corrected chi connectivity index (χ1v) is 9.84. The molecule has 2 aromatic rings. The molecule has 1 aromatic heterocycles. The number of anilines is 4. The Morgan fingerprint density at radius 2 is 1.96 bits per heavy atom. The highest BCUT2D eigenvalue weighted by Crippen LogP contribution is 2.24. The molecule has 0 aliphatic carbocycles. The maximum absolute atomic E-state index is 14.0. The summed E-state index contributed by atoms with van der Waals surface area (Å²) in [4.78, 5) is 11.5. The summed E-state index contributed by atoms with van der Waals surface area (Å²) in [6, 6.07) is 7.09. The lowest BCUT2D eigenvalue weighted by molar-refractivity contribution is 0.277. The van der Waals surface area contributed by atoms with Crippen molar-refractivity contribution in [2.24, 2.45) is 0 Å². The Kier molecular flexibility index (Phi) is 6.86. The fraction of sp³-hybridized carbons (Fsp3) is 0.500. The van der Waals surface area contributed by atoms with Crippen LogP contribution < -0.4 is 20.7 Å². The van der Waals surface area contributed by atoms with Crippen molar-refractivity contribution in [2.75, 3.05) is 49.2 Å². The normalized spacial score (nSPS) is 16.8. The monoisotopic (exact) mass is 388 g/mol. The molecule has 1 fully saturated rings. The Bertz CT molecular complexity index is 787. The van der Waals surface area contributed by atoms with Gasteiger partial charge in [0.15, 0.2) is 11.6 Å².